The number of quaternary nitrogens is 1. The minimum Gasteiger partial charge on any atom is -0.477 e. The van der Waals surface area contributed by atoms with E-state index in [1.54, 1.807) is 0 Å². The lowest BCUT2D eigenvalue weighted by Crippen LogP contribution is -2.40. The first-order valence-electron chi connectivity index (χ1n) is 26.1. The van der Waals surface area contributed by atoms with E-state index in [1.807, 2.05) is 21.1 Å². The van der Waals surface area contributed by atoms with E-state index in [0.717, 1.165) is 122 Å². The molecular formula is C58H96NO8+. The van der Waals surface area contributed by atoms with Gasteiger partial charge in [-0.2, -0.15) is 0 Å². The summed E-state index contributed by atoms with van der Waals surface area (Å²) < 4.78 is 22.8. The van der Waals surface area contributed by atoms with Gasteiger partial charge in [-0.05, 0) is 96.3 Å². The number of carbonyl (C=O) groups excluding carboxylic acids is 2. The lowest BCUT2D eigenvalue weighted by molar-refractivity contribution is -0.870. The van der Waals surface area contributed by atoms with Crippen LogP contribution in [0, 0.1) is 0 Å². The molecule has 0 saturated carbocycles. The maximum Gasteiger partial charge on any atom is 0.361 e. The number of hydrogen-bond acceptors (Lipinski definition) is 7. The molecule has 0 radical (unpaired) electrons. The van der Waals surface area contributed by atoms with Crippen LogP contribution in [0.2, 0.25) is 0 Å². The summed E-state index contributed by atoms with van der Waals surface area (Å²) in [6.45, 7) is 4.64. The normalized spacial score (nSPS) is 13.7. The number of nitrogens with zero attached hydrogens (tertiary/aromatic N) is 1. The van der Waals surface area contributed by atoms with Gasteiger partial charge in [0.15, 0.2) is 6.10 Å². The molecule has 0 spiro atoms. The van der Waals surface area contributed by atoms with Crippen molar-refractivity contribution < 1.29 is 42.9 Å². The van der Waals surface area contributed by atoms with Crippen molar-refractivity contribution in [2.45, 2.75) is 193 Å². The van der Waals surface area contributed by atoms with Gasteiger partial charge in [0, 0.05) is 12.8 Å². The van der Waals surface area contributed by atoms with E-state index in [9.17, 15) is 19.5 Å². The molecule has 0 bridgehead atoms. The fourth-order valence-corrected chi connectivity index (χ4v) is 6.50. The van der Waals surface area contributed by atoms with E-state index in [2.05, 4.69) is 123 Å². The van der Waals surface area contributed by atoms with E-state index in [4.69, 9.17) is 18.9 Å². The number of unbranched alkanes of at least 4 members (excludes halogenated alkanes) is 13. The Hall–Kier alpha value is -4.05. The molecule has 0 saturated heterocycles. The first kappa shape index (κ1) is 63.0. The predicted molar refractivity (Wildman–Crippen MR) is 281 cm³/mol. The number of aliphatic carboxylic acids is 1. The predicted octanol–water partition coefficient (Wildman–Crippen LogP) is 14.8. The average Bonchev–Trinajstić information content (AvgIpc) is 3.29. The Balaban J connectivity index is 4.33. The molecule has 0 aromatic rings. The number of carbonyl (C=O) groups is 3. The Bertz CT molecular complexity index is 1460. The Kier molecular flexibility index (Phi) is 45.5. The number of rotatable bonds is 46. The molecule has 9 heteroatoms. The zero-order chi connectivity index (χ0) is 49.2. The van der Waals surface area contributed by atoms with E-state index in [1.165, 1.54) is 25.7 Å². The maximum absolute atomic E-state index is 12.8. The molecular weight excluding hydrogens is 839 g/mol. The molecule has 2 unspecified atom stereocenters. The van der Waals surface area contributed by atoms with Crippen molar-refractivity contribution in [3.8, 4) is 0 Å². The van der Waals surface area contributed by atoms with Crippen LogP contribution in [0.15, 0.2) is 109 Å². The zero-order valence-electron chi connectivity index (χ0n) is 43.0. The molecule has 1 N–H and O–H groups in total. The molecule has 2 atom stereocenters. The number of allylic oxidation sites excluding steroid dienone is 18. The molecule has 0 rings (SSSR count). The maximum atomic E-state index is 12.8. The van der Waals surface area contributed by atoms with Crippen LogP contribution in [0.3, 0.4) is 0 Å². The van der Waals surface area contributed by atoms with E-state index < -0.39 is 24.3 Å². The van der Waals surface area contributed by atoms with E-state index in [0.29, 0.717) is 17.4 Å². The van der Waals surface area contributed by atoms with E-state index >= 15 is 0 Å². The van der Waals surface area contributed by atoms with Crippen molar-refractivity contribution in [3.05, 3.63) is 109 Å². The lowest BCUT2D eigenvalue weighted by Gasteiger charge is -2.25. The standard InChI is InChI=1S/C58H95NO8/c1-6-8-10-12-14-16-18-20-21-22-23-24-25-26-27-28-29-30-31-32-33-34-35-37-39-41-43-45-47-49-56(61)67-54(53-66-58(57(62)63)64-51-50-59(3,4)5)52-65-55(60)48-46-44-42-40-38-36-19-17-15-13-11-9-7-2/h8,10-11,13-14,16-17,19-21,23-24,26-27,29-30,32-33,54,58H,6-7,9,12,15,18,22,25,28,31,34-53H2,1-5H3/p+1/b10-8-,13-11-,16-14-,19-17-,21-20-,24-23-,27-26-,30-29-,33-32-. The van der Waals surface area contributed by atoms with Crippen LogP contribution in [-0.4, -0.2) is 87.4 Å². The molecule has 67 heavy (non-hydrogen) atoms. The topological polar surface area (TPSA) is 108 Å². The third-order valence-corrected chi connectivity index (χ3v) is 10.5. The second-order valence-corrected chi connectivity index (χ2v) is 18.1. The second-order valence-electron chi connectivity index (χ2n) is 18.1. The molecule has 0 aliphatic rings. The monoisotopic (exact) mass is 935 g/mol. The summed E-state index contributed by atoms with van der Waals surface area (Å²) in [6, 6.07) is 0. The van der Waals surface area contributed by atoms with Gasteiger partial charge < -0.3 is 28.5 Å². The van der Waals surface area contributed by atoms with Gasteiger partial charge in [-0.3, -0.25) is 9.59 Å². The molecule has 380 valence electrons. The Morgan fingerprint density at radius 1 is 0.463 bits per heavy atom. The number of carboxylic acids is 1. The van der Waals surface area contributed by atoms with Gasteiger partial charge in [-0.15, -0.1) is 0 Å². The highest BCUT2D eigenvalue weighted by Crippen LogP contribution is 2.13. The molecule has 0 aliphatic carbocycles. The Labute approximate surface area is 409 Å². The summed E-state index contributed by atoms with van der Waals surface area (Å²) in [7, 11) is 5.94. The van der Waals surface area contributed by atoms with Gasteiger partial charge in [-0.1, -0.05) is 181 Å². The lowest BCUT2D eigenvalue weighted by atomic mass is 10.1. The zero-order valence-corrected chi connectivity index (χ0v) is 43.0. The van der Waals surface area contributed by atoms with Crippen molar-refractivity contribution in [1.82, 2.24) is 0 Å². The van der Waals surface area contributed by atoms with Gasteiger partial charge in [0.25, 0.3) is 6.29 Å². The molecule has 0 amide bonds. The molecule has 0 aliphatic heterocycles. The van der Waals surface area contributed by atoms with Crippen molar-refractivity contribution in [2.24, 2.45) is 0 Å². The highest BCUT2D eigenvalue weighted by Gasteiger charge is 2.25. The van der Waals surface area contributed by atoms with Crippen LogP contribution in [0.1, 0.15) is 181 Å². The van der Waals surface area contributed by atoms with Crippen LogP contribution in [0.4, 0.5) is 0 Å². The van der Waals surface area contributed by atoms with Crippen molar-refractivity contribution >= 4 is 17.9 Å². The average molecular weight is 935 g/mol. The van der Waals surface area contributed by atoms with Crippen LogP contribution in [0.25, 0.3) is 0 Å². The largest absolute Gasteiger partial charge is 0.477 e. The molecule has 0 fully saturated rings. The summed E-state index contributed by atoms with van der Waals surface area (Å²) in [6.07, 6.45) is 63.0. The highest BCUT2D eigenvalue weighted by atomic mass is 16.7. The van der Waals surface area contributed by atoms with Crippen LogP contribution >= 0.6 is 0 Å². The number of likely N-dealkylation sites (N-methyl/N-ethyl adjacent to an activating group) is 1. The fraction of sp³-hybridized carbons (Fsp3) is 0.638. The third kappa shape index (κ3) is 49.7. The molecule has 0 heterocycles. The number of esters is 2. The van der Waals surface area contributed by atoms with Crippen molar-refractivity contribution in [2.75, 3.05) is 47.5 Å². The number of carboxylic acid groups (broad SMARTS) is 1. The first-order valence-corrected chi connectivity index (χ1v) is 26.1. The summed E-state index contributed by atoms with van der Waals surface area (Å²) >= 11 is 0. The highest BCUT2D eigenvalue weighted by molar-refractivity contribution is 5.71. The van der Waals surface area contributed by atoms with Gasteiger partial charge in [0.1, 0.15) is 13.2 Å². The van der Waals surface area contributed by atoms with Gasteiger partial charge in [-0.25, -0.2) is 4.79 Å². The van der Waals surface area contributed by atoms with E-state index in [-0.39, 0.29) is 38.6 Å². The number of ether oxygens (including phenoxy) is 4. The van der Waals surface area contributed by atoms with Gasteiger partial charge >= 0.3 is 17.9 Å². The quantitative estimate of drug-likeness (QED) is 0.0211. The molecule has 0 aromatic heterocycles. The summed E-state index contributed by atoms with van der Waals surface area (Å²) in [5, 5.41) is 9.66. The fourth-order valence-electron chi connectivity index (χ4n) is 6.50. The smallest absolute Gasteiger partial charge is 0.361 e. The summed E-state index contributed by atoms with van der Waals surface area (Å²) in [5.41, 5.74) is 0. The minimum absolute atomic E-state index is 0.177. The van der Waals surface area contributed by atoms with Crippen LogP contribution in [0.5, 0.6) is 0 Å². The molecule has 0 aromatic carbocycles. The Morgan fingerprint density at radius 2 is 0.851 bits per heavy atom. The van der Waals surface area contributed by atoms with Crippen molar-refractivity contribution in [1.29, 1.82) is 0 Å². The van der Waals surface area contributed by atoms with Gasteiger partial charge in [0.05, 0.1) is 34.4 Å². The SMILES string of the molecule is CC/C=C\C/C=C\C/C=C\C/C=C\C/C=C\C/C=C\C/C=C\CCCCCCCCCC(=O)OC(COC(=O)CCCCCCC/C=C\C/C=C\CCC)COC(OCC[N+](C)(C)C)C(=O)O. The van der Waals surface area contributed by atoms with Crippen LogP contribution < -0.4 is 0 Å². The second kappa shape index (κ2) is 48.4. The minimum atomic E-state index is -1.52. The number of hydrogen-bond donors (Lipinski definition) is 1. The summed E-state index contributed by atoms with van der Waals surface area (Å²) in [5.74, 6) is -2.06. The Morgan fingerprint density at radius 3 is 1.27 bits per heavy atom. The first-order chi connectivity index (χ1) is 32.6. The summed E-state index contributed by atoms with van der Waals surface area (Å²) in [4.78, 5) is 37.2. The molecule has 9 nitrogen and oxygen atoms in total. The third-order valence-electron chi connectivity index (χ3n) is 10.5. The van der Waals surface area contributed by atoms with Crippen LogP contribution in [-0.2, 0) is 33.3 Å². The van der Waals surface area contributed by atoms with Gasteiger partial charge in [0.2, 0.25) is 0 Å². The van der Waals surface area contributed by atoms with Crippen molar-refractivity contribution in [3.63, 3.8) is 0 Å².